The number of rotatable bonds is 0. The van der Waals surface area contributed by atoms with E-state index in [4.69, 9.17) is 0 Å². The van der Waals surface area contributed by atoms with Crippen molar-refractivity contribution in [3.05, 3.63) is 140 Å². The van der Waals surface area contributed by atoms with Gasteiger partial charge in [-0.2, -0.15) is 0 Å². The highest BCUT2D eigenvalue weighted by atomic mass is 14.8. The first-order valence-corrected chi connectivity index (χ1v) is 23.0. The van der Waals surface area contributed by atoms with Gasteiger partial charge in [0.05, 0.1) is 0 Å². The quantitative estimate of drug-likeness (QED) is 0.157. The third-order valence-electron chi connectivity index (χ3n) is 3.37. The summed E-state index contributed by atoms with van der Waals surface area (Å²) in [6.45, 7) is 56.0. The number of hydrogen-bond acceptors (Lipinski definition) is 3. The lowest BCUT2D eigenvalue weighted by Gasteiger charge is -1.92. The van der Waals surface area contributed by atoms with E-state index in [0.717, 1.165) is 0 Å². The molecule has 57 heavy (non-hydrogen) atoms. The molecule has 0 N–H and O–H groups in total. The molecule has 2 aromatic heterocycles. The molecule has 0 radical (unpaired) electrons. The molecule has 0 saturated carbocycles. The number of nitrogens with zero attached hydrogens (tertiary/aromatic N) is 3. The molecule has 0 aliphatic rings. The summed E-state index contributed by atoms with van der Waals surface area (Å²) in [6.07, 6.45) is 8.38. The smallest absolute Gasteiger partial charge is 0.115 e. The van der Waals surface area contributed by atoms with E-state index in [0.29, 0.717) is 0 Å². The van der Waals surface area contributed by atoms with Crippen LogP contribution in [0.2, 0.25) is 0 Å². The van der Waals surface area contributed by atoms with Crippen molar-refractivity contribution < 1.29 is 0 Å². The van der Waals surface area contributed by atoms with E-state index < -0.39 is 0 Å². The van der Waals surface area contributed by atoms with Gasteiger partial charge in [-0.15, -0.1) is 0 Å². The van der Waals surface area contributed by atoms with Crippen molar-refractivity contribution in [3.8, 4) is 0 Å². The second-order valence-corrected chi connectivity index (χ2v) is 5.43. The van der Waals surface area contributed by atoms with Gasteiger partial charge in [0.15, 0.2) is 0 Å². The van der Waals surface area contributed by atoms with Crippen LogP contribution in [0.15, 0.2) is 140 Å². The highest BCUT2D eigenvalue weighted by molar-refractivity contribution is 5.82. The van der Waals surface area contributed by atoms with Crippen molar-refractivity contribution in [2.24, 2.45) is 0 Å². The Morgan fingerprint density at radius 2 is 0.386 bits per heavy atom. The molecule has 3 aromatic carbocycles. The van der Waals surface area contributed by atoms with Crippen LogP contribution < -0.4 is 0 Å². The highest BCUT2D eigenvalue weighted by Gasteiger charge is 1.85. The summed E-state index contributed by atoms with van der Waals surface area (Å²) < 4.78 is 0. The van der Waals surface area contributed by atoms with E-state index in [2.05, 4.69) is 63.5 Å². The predicted molar refractivity (Wildman–Crippen MR) is 282 cm³/mol. The van der Waals surface area contributed by atoms with Gasteiger partial charge in [0.2, 0.25) is 0 Å². The number of pyridine rings is 1. The van der Waals surface area contributed by atoms with Crippen LogP contribution in [0, 0.1) is 0 Å². The van der Waals surface area contributed by atoms with Crippen molar-refractivity contribution in [1.29, 1.82) is 0 Å². The Hall–Kier alpha value is -3.85. The molecule has 5 rings (SSSR count). The van der Waals surface area contributed by atoms with Gasteiger partial charge >= 0.3 is 0 Å². The Kier molecular flexibility index (Phi) is 285. The van der Waals surface area contributed by atoms with Gasteiger partial charge in [0.1, 0.15) is 6.33 Å². The first-order valence-electron chi connectivity index (χ1n) is 23.0. The summed E-state index contributed by atoms with van der Waals surface area (Å²) in [5.41, 5.74) is 0. The minimum absolute atomic E-state index is 0. The third-order valence-corrected chi connectivity index (χ3v) is 3.37. The molecule has 0 saturated heterocycles. The van der Waals surface area contributed by atoms with Crippen LogP contribution in [0.1, 0.15) is 201 Å². The Labute approximate surface area is 366 Å². The molecule has 3 nitrogen and oxygen atoms in total. The Morgan fingerprint density at radius 3 is 0.491 bits per heavy atom. The maximum absolute atomic E-state index is 3.78. The van der Waals surface area contributed by atoms with Crippen molar-refractivity contribution in [3.63, 3.8) is 0 Å². The van der Waals surface area contributed by atoms with Crippen LogP contribution in [0.5, 0.6) is 0 Å². The molecule has 3 heteroatoms. The fourth-order valence-electron chi connectivity index (χ4n) is 2.08. The molecular formula is C54H111N3. The van der Waals surface area contributed by atoms with E-state index in [-0.39, 0.29) is 7.43 Å². The molecule has 0 aliphatic carbocycles. The fourth-order valence-corrected chi connectivity index (χ4v) is 2.08. The average molecular weight is 803 g/mol. The van der Waals surface area contributed by atoms with Gasteiger partial charge < -0.3 is 0 Å². The first kappa shape index (κ1) is 94.3. The molecule has 0 spiro atoms. The SMILES string of the molecule is C.CC.CC.CC.CC.CC.CC.CC.CC.CC.CC.CC.CC.CC.CC.c1ccc2ccccc2c1.c1ccccc1.c1ccncc1.c1cncnc1. The minimum atomic E-state index is 0. The van der Waals surface area contributed by atoms with Gasteiger partial charge in [-0.25, -0.2) is 9.97 Å². The van der Waals surface area contributed by atoms with Crippen molar-refractivity contribution in [2.45, 2.75) is 201 Å². The molecule has 0 fully saturated rings. The molecule has 5 aromatic rings. The molecule has 0 atom stereocenters. The summed E-state index contributed by atoms with van der Waals surface area (Å²) in [4.78, 5) is 11.1. The second-order valence-electron chi connectivity index (χ2n) is 5.43. The van der Waals surface area contributed by atoms with E-state index in [1.165, 1.54) is 17.1 Å². The van der Waals surface area contributed by atoms with E-state index in [1.807, 2.05) is 248 Å². The van der Waals surface area contributed by atoms with Crippen LogP contribution in [0.3, 0.4) is 0 Å². The third kappa shape index (κ3) is 127. The van der Waals surface area contributed by atoms with Crippen LogP contribution in [-0.2, 0) is 0 Å². The highest BCUT2D eigenvalue weighted by Crippen LogP contribution is 2.11. The Balaban J connectivity index is -0.0000000302. The summed E-state index contributed by atoms with van der Waals surface area (Å²) in [6, 6.07) is 36.2. The van der Waals surface area contributed by atoms with E-state index in [9.17, 15) is 0 Å². The normalized spacial score (nSPS) is 5.75. The lowest BCUT2D eigenvalue weighted by atomic mass is 10.1. The van der Waals surface area contributed by atoms with Gasteiger partial charge in [-0.1, -0.05) is 292 Å². The van der Waals surface area contributed by atoms with Gasteiger partial charge in [0, 0.05) is 24.8 Å². The van der Waals surface area contributed by atoms with Gasteiger partial charge in [-0.3, -0.25) is 4.98 Å². The van der Waals surface area contributed by atoms with Crippen LogP contribution in [0.4, 0.5) is 0 Å². The monoisotopic (exact) mass is 802 g/mol. The van der Waals surface area contributed by atoms with Crippen molar-refractivity contribution >= 4 is 10.8 Å². The van der Waals surface area contributed by atoms with Crippen LogP contribution in [0.25, 0.3) is 10.8 Å². The van der Waals surface area contributed by atoms with E-state index in [1.54, 1.807) is 30.9 Å². The minimum Gasteiger partial charge on any atom is -0.265 e. The standard InChI is InChI=1S/C10H8.C6H6.C5H5N.C4H4N2.14C2H6.CH4/c1-2-6-10-8-4-3-7-9(10)5-1;2*1-2-4-6-5-3-1;1-2-5-4-6-3-1;14*1-2;/h1-8H;1-6H;1-5H;1-4H;14*1-2H3;1H4. The summed E-state index contributed by atoms with van der Waals surface area (Å²) in [7, 11) is 0. The molecule has 0 amide bonds. The first-order chi connectivity index (χ1) is 28.0. The molecular weight excluding hydrogens is 691 g/mol. The Morgan fingerprint density at radius 1 is 0.211 bits per heavy atom. The zero-order valence-corrected chi connectivity index (χ0v) is 43.6. The number of aromatic nitrogens is 3. The van der Waals surface area contributed by atoms with Gasteiger partial charge in [0.25, 0.3) is 0 Å². The predicted octanol–water partition coefficient (Wildman–Crippen LogP) is 21.1. The van der Waals surface area contributed by atoms with Crippen molar-refractivity contribution in [1.82, 2.24) is 15.0 Å². The second kappa shape index (κ2) is 172. The zero-order chi connectivity index (χ0) is 47.5. The van der Waals surface area contributed by atoms with Crippen molar-refractivity contribution in [2.75, 3.05) is 0 Å². The topological polar surface area (TPSA) is 38.7 Å². The zero-order valence-electron chi connectivity index (χ0n) is 43.6. The molecule has 0 aliphatic heterocycles. The van der Waals surface area contributed by atoms with Crippen LogP contribution in [-0.4, -0.2) is 15.0 Å². The summed E-state index contributed by atoms with van der Waals surface area (Å²) >= 11 is 0. The Bertz CT molecular complexity index is 742. The molecule has 0 bridgehead atoms. The maximum atomic E-state index is 3.78. The average Bonchev–Trinajstić information content (AvgIpc) is 3.40. The largest absolute Gasteiger partial charge is 0.265 e. The van der Waals surface area contributed by atoms with Gasteiger partial charge in [-0.05, 0) is 29.0 Å². The fraction of sp³-hybridized carbons (Fsp3) is 0.537. The summed E-state index contributed by atoms with van der Waals surface area (Å²) in [5, 5.41) is 2.62. The molecule has 0 unspecified atom stereocenters. The number of fused-ring (bicyclic) bond motifs is 1. The van der Waals surface area contributed by atoms with E-state index >= 15 is 0 Å². The number of hydrogen-bond donors (Lipinski definition) is 0. The molecule has 2 heterocycles. The number of benzene rings is 3. The summed E-state index contributed by atoms with van der Waals surface area (Å²) in [5.74, 6) is 0. The lowest BCUT2D eigenvalue weighted by Crippen LogP contribution is -1.67. The maximum Gasteiger partial charge on any atom is 0.115 e. The van der Waals surface area contributed by atoms with Crippen LogP contribution >= 0.6 is 0 Å². The lowest BCUT2D eigenvalue weighted by molar-refractivity contribution is 1.17. The molecule has 342 valence electrons.